The number of hydrogen-bond donors (Lipinski definition) is 4. The zero-order valence-electron chi connectivity index (χ0n) is 11.5. The van der Waals surface area contributed by atoms with Crippen molar-refractivity contribution in [1.82, 2.24) is 4.90 Å². The Bertz CT molecular complexity index is 410. The molecule has 2 rings (SSSR count). The third-order valence-corrected chi connectivity index (χ3v) is 4.56. The smallest absolute Gasteiger partial charge is 0.311 e. The Morgan fingerprint density at radius 3 is 2.00 bits per heavy atom. The average molecular weight is 287 g/mol. The molecule has 0 aromatic heterocycles. The van der Waals surface area contributed by atoms with Gasteiger partial charge in [0.25, 0.3) is 0 Å². The van der Waals surface area contributed by atoms with E-state index in [2.05, 4.69) is 0 Å². The van der Waals surface area contributed by atoms with Gasteiger partial charge in [0, 0.05) is 5.92 Å². The quantitative estimate of drug-likeness (QED) is 0.482. The standard InChI is InChI=1S/C13H21NO6/c1-3-5(4-2)12(18)14-7-6(13(19)20)9(15)11(17)10(16)8(7)14/h5-11,15-17H,3-4H2,1-2H3,(H,19,20). The fraction of sp³-hybridized carbons (Fsp3) is 0.846. The van der Waals surface area contributed by atoms with Gasteiger partial charge in [-0.25, -0.2) is 0 Å². The van der Waals surface area contributed by atoms with Gasteiger partial charge in [-0.2, -0.15) is 0 Å². The minimum atomic E-state index is -1.57. The highest BCUT2D eigenvalue weighted by atomic mass is 16.4. The molecule has 0 spiro atoms. The SMILES string of the molecule is CCC(CC)C(=O)N1C2C(O)C(O)C(O)C(C(=O)O)C21. The van der Waals surface area contributed by atoms with Gasteiger partial charge in [-0.15, -0.1) is 0 Å². The fourth-order valence-electron chi connectivity index (χ4n) is 3.27. The summed E-state index contributed by atoms with van der Waals surface area (Å²) < 4.78 is 0. The van der Waals surface area contributed by atoms with Crippen molar-refractivity contribution in [2.45, 2.75) is 57.1 Å². The Labute approximate surface area is 116 Å². The molecule has 6 atom stereocenters. The fourth-order valence-corrected chi connectivity index (χ4v) is 3.27. The van der Waals surface area contributed by atoms with Crippen LogP contribution in [-0.2, 0) is 9.59 Å². The number of hydrogen-bond acceptors (Lipinski definition) is 5. The van der Waals surface area contributed by atoms with Gasteiger partial charge < -0.3 is 25.3 Å². The molecule has 7 nitrogen and oxygen atoms in total. The van der Waals surface area contributed by atoms with Crippen LogP contribution < -0.4 is 0 Å². The van der Waals surface area contributed by atoms with Gasteiger partial charge in [0.15, 0.2) is 0 Å². The number of carboxylic acid groups (broad SMARTS) is 1. The average Bonchev–Trinajstić information content (AvgIpc) is 3.12. The topological polar surface area (TPSA) is 118 Å². The molecule has 1 aliphatic heterocycles. The number of rotatable bonds is 4. The molecule has 7 heteroatoms. The summed E-state index contributed by atoms with van der Waals surface area (Å²) in [7, 11) is 0. The lowest BCUT2D eigenvalue weighted by Gasteiger charge is -2.30. The molecule has 1 saturated heterocycles. The van der Waals surface area contributed by atoms with Crippen LogP contribution in [0.3, 0.4) is 0 Å². The van der Waals surface area contributed by atoms with Gasteiger partial charge in [-0.1, -0.05) is 13.8 Å². The van der Waals surface area contributed by atoms with E-state index in [1.807, 2.05) is 13.8 Å². The van der Waals surface area contributed by atoms with Crippen molar-refractivity contribution in [2.75, 3.05) is 0 Å². The molecule has 0 bridgehead atoms. The van der Waals surface area contributed by atoms with Gasteiger partial charge in [0.2, 0.25) is 5.91 Å². The molecule has 2 fully saturated rings. The highest BCUT2D eigenvalue weighted by molar-refractivity contribution is 5.85. The summed E-state index contributed by atoms with van der Waals surface area (Å²) in [5.41, 5.74) is 0. The van der Waals surface area contributed by atoms with Crippen LogP contribution in [0.2, 0.25) is 0 Å². The second-order valence-electron chi connectivity index (χ2n) is 5.58. The lowest BCUT2D eigenvalue weighted by atomic mass is 9.83. The maximum absolute atomic E-state index is 12.3. The predicted molar refractivity (Wildman–Crippen MR) is 67.6 cm³/mol. The number of nitrogens with zero attached hydrogens (tertiary/aromatic N) is 1. The van der Waals surface area contributed by atoms with E-state index >= 15 is 0 Å². The summed E-state index contributed by atoms with van der Waals surface area (Å²) in [4.78, 5) is 24.9. The van der Waals surface area contributed by atoms with E-state index in [-0.39, 0.29) is 11.8 Å². The van der Waals surface area contributed by atoms with E-state index < -0.39 is 42.3 Å². The van der Waals surface area contributed by atoms with Crippen LogP contribution in [0.5, 0.6) is 0 Å². The largest absolute Gasteiger partial charge is 0.481 e. The van der Waals surface area contributed by atoms with Crippen LogP contribution in [-0.4, -0.2) is 67.6 Å². The van der Waals surface area contributed by atoms with Crippen LogP contribution in [0.25, 0.3) is 0 Å². The Morgan fingerprint density at radius 1 is 1.00 bits per heavy atom. The molecule has 0 aromatic carbocycles. The second kappa shape index (κ2) is 5.31. The number of carbonyl (C=O) groups is 2. The summed E-state index contributed by atoms with van der Waals surface area (Å²) in [5, 5.41) is 38.6. The Balaban J connectivity index is 2.23. The number of carbonyl (C=O) groups excluding carboxylic acids is 1. The molecule has 1 aliphatic carbocycles. The maximum atomic E-state index is 12.3. The van der Waals surface area contributed by atoms with Crippen molar-refractivity contribution in [3.8, 4) is 0 Å². The minimum absolute atomic E-state index is 0.211. The van der Waals surface area contributed by atoms with E-state index in [4.69, 9.17) is 0 Å². The molecule has 1 amide bonds. The summed E-state index contributed by atoms with van der Waals surface area (Å²) in [6, 6.07) is -1.43. The van der Waals surface area contributed by atoms with E-state index in [1.165, 1.54) is 4.90 Å². The predicted octanol–water partition coefficient (Wildman–Crippen LogP) is -1.20. The van der Waals surface area contributed by atoms with Crippen LogP contribution in [0, 0.1) is 11.8 Å². The van der Waals surface area contributed by atoms with Gasteiger partial charge in [-0.3, -0.25) is 9.59 Å². The zero-order valence-corrected chi connectivity index (χ0v) is 11.5. The van der Waals surface area contributed by atoms with Crippen LogP contribution >= 0.6 is 0 Å². The molecular weight excluding hydrogens is 266 g/mol. The Kier molecular flexibility index (Phi) is 4.04. The lowest BCUT2D eigenvalue weighted by molar-refractivity contribution is -0.156. The molecule has 1 heterocycles. The zero-order chi connectivity index (χ0) is 15.2. The Hall–Kier alpha value is -1.18. The van der Waals surface area contributed by atoms with Crippen molar-refractivity contribution < 1.29 is 30.0 Å². The molecule has 0 aromatic rings. The summed E-state index contributed by atoms with van der Waals surface area (Å²) in [5.74, 6) is -2.96. The minimum Gasteiger partial charge on any atom is -0.481 e. The Morgan fingerprint density at radius 2 is 1.55 bits per heavy atom. The number of likely N-dealkylation sites (tertiary alicyclic amines) is 1. The van der Waals surface area contributed by atoms with Crippen molar-refractivity contribution in [1.29, 1.82) is 0 Å². The highest BCUT2D eigenvalue weighted by Gasteiger charge is 2.68. The van der Waals surface area contributed by atoms with Crippen LogP contribution in [0.1, 0.15) is 26.7 Å². The van der Waals surface area contributed by atoms with Crippen molar-refractivity contribution >= 4 is 11.9 Å². The van der Waals surface area contributed by atoms with Gasteiger partial charge in [0.05, 0.1) is 18.2 Å². The maximum Gasteiger partial charge on any atom is 0.311 e. The third-order valence-electron chi connectivity index (χ3n) is 4.56. The molecule has 114 valence electrons. The molecule has 2 aliphatic rings. The number of aliphatic hydroxyl groups excluding tert-OH is 3. The van der Waals surface area contributed by atoms with Crippen LogP contribution in [0.15, 0.2) is 0 Å². The summed E-state index contributed by atoms with van der Waals surface area (Å²) >= 11 is 0. The van der Waals surface area contributed by atoms with Gasteiger partial charge >= 0.3 is 5.97 Å². The number of carboxylic acids is 1. The first-order valence-corrected chi connectivity index (χ1v) is 6.95. The van der Waals surface area contributed by atoms with E-state index in [9.17, 15) is 30.0 Å². The normalized spacial score (nSPS) is 39.6. The number of amides is 1. The van der Waals surface area contributed by atoms with Gasteiger partial charge in [0.1, 0.15) is 18.1 Å². The third kappa shape index (κ3) is 2.10. The summed E-state index contributed by atoms with van der Waals surface area (Å²) in [6.07, 6.45) is -3.15. The molecule has 20 heavy (non-hydrogen) atoms. The molecule has 0 radical (unpaired) electrons. The van der Waals surface area contributed by atoms with E-state index in [1.54, 1.807) is 0 Å². The molecule has 1 saturated carbocycles. The monoisotopic (exact) mass is 287 g/mol. The molecular formula is C13H21NO6. The number of aliphatic hydroxyl groups is 3. The molecule has 6 unspecified atom stereocenters. The van der Waals surface area contributed by atoms with E-state index in [0.29, 0.717) is 12.8 Å². The lowest BCUT2D eigenvalue weighted by Crippen LogP contribution is -2.53. The van der Waals surface area contributed by atoms with E-state index in [0.717, 1.165) is 0 Å². The van der Waals surface area contributed by atoms with Crippen molar-refractivity contribution in [2.24, 2.45) is 11.8 Å². The first kappa shape index (κ1) is 15.2. The first-order chi connectivity index (χ1) is 9.36. The van der Waals surface area contributed by atoms with Crippen molar-refractivity contribution in [3.63, 3.8) is 0 Å². The van der Waals surface area contributed by atoms with Crippen molar-refractivity contribution in [3.05, 3.63) is 0 Å². The number of aliphatic carboxylic acids is 1. The summed E-state index contributed by atoms with van der Waals surface area (Å²) in [6.45, 7) is 3.74. The van der Waals surface area contributed by atoms with Crippen LogP contribution in [0.4, 0.5) is 0 Å². The highest BCUT2D eigenvalue weighted by Crippen LogP contribution is 2.45. The second-order valence-corrected chi connectivity index (χ2v) is 5.58. The van der Waals surface area contributed by atoms with Gasteiger partial charge in [-0.05, 0) is 12.8 Å². The molecule has 4 N–H and O–H groups in total. The number of fused-ring (bicyclic) bond motifs is 1. The first-order valence-electron chi connectivity index (χ1n) is 6.95.